The Morgan fingerprint density at radius 1 is 1.53 bits per heavy atom. The zero-order chi connectivity index (χ0) is 13.7. The Hall–Kier alpha value is -1.75. The molecule has 1 heterocycles. The number of amides is 1. The molecule has 2 rings (SSSR count). The summed E-state index contributed by atoms with van der Waals surface area (Å²) < 4.78 is 5.66. The normalized spacial score (nSPS) is 19.3. The van der Waals surface area contributed by atoms with Crippen LogP contribution in [0, 0.1) is 0 Å². The highest BCUT2D eigenvalue weighted by Crippen LogP contribution is 2.19. The summed E-state index contributed by atoms with van der Waals surface area (Å²) in [6.45, 7) is 4.92. The molecular formula is C14H21N3O2. The van der Waals surface area contributed by atoms with Crippen LogP contribution in [0.25, 0.3) is 0 Å². The largest absolute Gasteiger partial charge is 0.490 e. The number of rotatable bonds is 5. The molecule has 1 saturated heterocycles. The molecule has 1 atom stereocenters. The molecule has 0 aliphatic carbocycles. The van der Waals surface area contributed by atoms with E-state index in [1.54, 1.807) is 6.92 Å². The van der Waals surface area contributed by atoms with Gasteiger partial charge in [0.1, 0.15) is 12.4 Å². The molecule has 1 fully saturated rings. The fourth-order valence-electron chi connectivity index (χ4n) is 2.34. The topological polar surface area (TPSA) is 67.6 Å². The Balaban J connectivity index is 1.70. The third-order valence-corrected chi connectivity index (χ3v) is 3.26. The molecule has 0 saturated carbocycles. The molecule has 5 heteroatoms. The maximum Gasteiger partial charge on any atom is 0.217 e. The van der Waals surface area contributed by atoms with Crippen LogP contribution in [0.2, 0.25) is 0 Å². The SMILES string of the molecule is CC(=O)NC1CCN(CCOc2ccccc2N)C1. The van der Waals surface area contributed by atoms with E-state index in [0.29, 0.717) is 12.3 Å². The number of hydrogen-bond donors (Lipinski definition) is 2. The van der Waals surface area contributed by atoms with Gasteiger partial charge in [-0.2, -0.15) is 0 Å². The number of likely N-dealkylation sites (tertiary alicyclic amines) is 1. The van der Waals surface area contributed by atoms with Gasteiger partial charge in [0.15, 0.2) is 0 Å². The molecule has 3 N–H and O–H groups in total. The minimum Gasteiger partial charge on any atom is -0.490 e. The summed E-state index contributed by atoms with van der Waals surface area (Å²) in [5.41, 5.74) is 6.47. The van der Waals surface area contributed by atoms with Gasteiger partial charge in [0.2, 0.25) is 5.91 Å². The molecule has 1 aromatic carbocycles. The van der Waals surface area contributed by atoms with Crippen LogP contribution in [-0.4, -0.2) is 43.1 Å². The highest BCUT2D eigenvalue weighted by Gasteiger charge is 2.22. The lowest BCUT2D eigenvalue weighted by molar-refractivity contribution is -0.119. The van der Waals surface area contributed by atoms with Crippen molar-refractivity contribution in [2.45, 2.75) is 19.4 Å². The van der Waals surface area contributed by atoms with Gasteiger partial charge >= 0.3 is 0 Å². The fourth-order valence-corrected chi connectivity index (χ4v) is 2.34. The molecule has 104 valence electrons. The average molecular weight is 263 g/mol. The van der Waals surface area contributed by atoms with Crippen molar-refractivity contribution in [2.24, 2.45) is 0 Å². The Labute approximate surface area is 113 Å². The van der Waals surface area contributed by atoms with Gasteiger partial charge in [-0.1, -0.05) is 12.1 Å². The van der Waals surface area contributed by atoms with E-state index in [4.69, 9.17) is 10.5 Å². The molecule has 0 spiro atoms. The number of nitrogen functional groups attached to an aromatic ring is 1. The predicted molar refractivity (Wildman–Crippen MR) is 75.0 cm³/mol. The minimum atomic E-state index is 0.0418. The summed E-state index contributed by atoms with van der Waals surface area (Å²) in [5, 5.41) is 2.95. The van der Waals surface area contributed by atoms with Crippen molar-refractivity contribution >= 4 is 11.6 Å². The van der Waals surface area contributed by atoms with Gasteiger partial charge in [-0.15, -0.1) is 0 Å². The average Bonchev–Trinajstić information content (AvgIpc) is 2.78. The smallest absolute Gasteiger partial charge is 0.217 e. The fraction of sp³-hybridized carbons (Fsp3) is 0.500. The molecule has 19 heavy (non-hydrogen) atoms. The molecule has 5 nitrogen and oxygen atoms in total. The van der Waals surface area contributed by atoms with E-state index in [1.807, 2.05) is 24.3 Å². The van der Waals surface area contributed by atoms with Crippen LogP contribution in [0.4, 0.5) is 5.69 Å². The maximum atomic E-state index is 11.0. The van der Waals surface area contributed by atoms with E-state index in [-0.39, 0.29) is 11.9 Å². The second kappa shape index (κ2) is 6.43. The number of carbonyl (C=O) groups excluding carboxylic acids is 1. The Morgan fingerprint density at radius 3 is 3.05 bits per heavy atom. The van der Waals surface area contributed by atoms with Gasteiger partial charge in [0.25, 0.3) is 0 Å². The van der Waals surface area contributed by atoms with E-state index < -0.39 is 0 Å². The van der Waals surface area contributed by atoms with Gasteiger partial charge in [-0.05, 0) is 18.6 Å². The molecule has 1 amide bonds. The van der Waals surface area contributed by atoms with Crippen molar-refractivity contribution in [3.8, 4) is 5.75 Å². The first kappa shape index (κ1) is 13.7. The van der Waals surface area contributed by atoms with Crippen molar-refractivity contribution < 1.29 is 9.53 Å². The number of nitrogens with two attached hydrogens (primary N) is 1. The monoisotopic (exact) mass is 263 g/mol. The van der Waals surface area contributed by atoms with Crippen LogP contribution in [-0.2, 0) is 4.79 Å². The van der Waals surface area contributed by atoms with Gasteiger partial charge in [-0.3, -0.25) is 9.69 Å². The minimum absolute atomic E-state index is 0.0418. The summed E-state index contributed by atoms with van der Waals surface area (Å²) >= 11 is 0. The Morgan fingerprint density at radius 2 is 2.32 bits per heavy atom. The third-order valence-electron chi connectivity index (χ3n) is 3.26. The van der Waals surface area contributed by atoms with Crippen molar-refractivity contribution in [3.05, 3.63) is 24.3 Å². The maximum absolute atomic E-state index is 11.0. The number of nitrogens with one attached hydrogen (secondary N) is 1. The summed E-state index contributed by atoms with van der Waals surface area (Å²) in [6, 6.07) is 7.78. The number of hydrogen-bond acceptors (Lipinski definition) is 4. The molecule has 0 aromatic heterocycles. The molecule has 1 aliphatic rings. The molecule has 1 aromatic rings. The second-order valence-corrected chi connectivity index (χ2v) is 4.87. The van der Waals surface area contributed by atoms with E-state index in [0.717, 1.165) is 31.8 Å². The van der Waals surface area contributed by atoms with Crippen LogP contribution in [0.1, 0.15) is 13.3 Å². The van der Waals surface area contributed by atoms with Crippen molar-refractivity contribution in [1.29, 1.82) is 0 Å². The number of ether oxygens (including phenoxy) is 1. The quantitative estimate of drug-likeness (QED) is 0.773. The first-order valence-corrected chi connectivity index (χ1v) is 6.62. The third kappa shape index (κ3) is 4.13. The zero-order valence-corrected chi connectivity index (χ0v) is 11.3. The first-order chi connectivity index (χ1) is 9.15. The molecule has 1 unspecified atom stereocenters. The zero-order valence-electron chi connectivity index (χ0n) is 11.3. The molecule has 0 bridgehead atoms. The van der Waals surface area contributed by atoms with E-state index in [2.05, 4.69) is 10.2 Å². The van der Waals surface area contributed by atoms with Crippen LogP contribution in [0.3, 0.4) is 0 Å². The van der Waals surface area contributed by atoms with Crippen LogP contribution in [0.5, 0.6) is 5.75 Å². The van der Waals surface area contributed by atoms with E-state index >= 15 is 0 Å². The van der Waals surface area contributed by atoms with E-state index in [1.165, 1.54) is 0 Å². The second-order valence-electron chi connectivity index (χ2n) is 4.87. The van der Waals surface area contributed by atoms with Crippen LogP contribution >= 0.6 is 0 Å². The lowest BCUT2D eigenvalue weighted by Crippen LogP contribution is -2.36. The van der Waals surface area contributed by atoms with Gasteiger partial charge in [-0.25, -0.2) is 0 Å². The van der Waals surface area contributed by atoms with Gasteiger partial charge in [0, 0.05) is 32.6 Å². The summed E-state index contributed by atoms with van der Waals surface area (Å²) in [5.74, 6) is 0.778. The summed E-state index contributed by atoms with van der Waals surface area (Å²) in [4.78, 5) is 13.3. The highest BCUT2D eigenvalue weighted by atomic mass is 16.5. The number of benzene rings is 1. The van der Waals surface area contributed by atoms with Gasteiger partial charge < -0.3 is 15.8 Å². The standard InChI is InChI=1S/C14H21N3O2/c1-11(18)16-12-6-7-17(10-12)8-9-19-14-5-3-2-4-13(14)15/h2-5,12H,6-10,15H2,1H3,(H,16,18). The van der Waals surface area contributed by atoms with Crippen molar-refractivity contribution in [3.63, 3.8) is 0 Å². The highest BCUT2D eigenvalue weighted by molar-refractivity contribution is 5.73. The van der Waals surface area contributed by atoms with Crippen LogP contribution < -0.4 is 15.8 Å². The van der Waals surface area contributed by atoms with Crippen molar-refractivity contribution in [1.82, 2.24) is 10.2 Å². The van der Waals surface area contributed by atoms with Crippen molar-refractivity contribution in [2.75, 3.05) is 32.0 Å². The lowest BCUT2D eigenvalue weighted by atomic mass is 10.3. The predicted octanol–water partition coefficient (Wildman–Crippen LogP) is 0.858. The molecule has 1 aliphatic heterocycles. The Kier molecular flexibility index (Phi) is 4.63. The number of nitrogens with zero attached hydrogens (tertiary/aromatic N) is 1. The molecule has 0 radical (unpaired) electrons. The summed E-state index contributed by atoms with van der Waals surface area (Å²) in [6.07, 6.45) is 1.01. The number of para-hydroxylation sites is 2. The van der Waals surface area contributed by atoms with Gasteiger partial charge in [0.05, 0.1) is 5.69 Å². The first-order valence-electron chi connectivity index (χ1n) is 6.62. The summed E-state index contributed by atoms with van der Waals surface area (Å²) in [7, 11) is 0. The number of carbonyl (C=O) groups is 1. The lowest BCUT2D eigenvalue weighted by Gasteiger charge is -2.17. The Bertz CT molecular complexity index is 436. The van der Waals surface area contributed by atoms with E-state index in [9.17, 15) is 4.79 Å². The van der Waals surface area contributed by atoms with Crippen LogP contribution in [0.15, 0.2) is 24.3 Å². The number of anilines is 1. The molecular weight excluding hydrogens is 242 g/mol.